The van der Waals surface area contributed by atoms with Crippen LogP contribution in [0.3, 0.4) is 0 Å². The van der Waals surface area contributed by atoms with Crippen LogP contribution in [0.5, 0.6) is 0 Å². The van der Waals surface area contributed by atoms with Gasteiger partial charge >= 0.3 is 0 Å². The third-order valence-corrected chi connectivity index (χ3v) is 4.66. The number of pyridine rings is 1. The number of rotatable bonds is 3. The van der Waals surface area contributed by atoms with Crippen molar-refractivity contribution in [2.75, 3.05) is 0 Å². The van der Waals surface area contributed by atoms with Crippen LogP contribution in [0.15, 0.2) is 47.7 Å². The standard InChI is InChI=1S/C19H15N3O/c20-12-19(5-6-19)16-3-1-2-13(9-16)8-14-10-15-11-21-7-4-17(15)22-18(14)23/h1-4,7,9-11,14H,5-6,8H2. The van der Waals surface area contributed by atoms with E-state index in [1.807, 2.05) is 24.3 Å². The van der Waals surface area contributed by atoms with Crippen LogP contribution in [0.25, 0.3) is 6.08 Å². The number of carbonyl (C=O) groups is 1. The molecule has 2 aromatic rings. The lowest BCUT2D eigenvalue weighted by molar-refractivity contribution is -0.120. The highest BCUT2D eigenvalue weighted by Crippen LogP contribution is 2.47. The molecule has 1 unspecified atom stereocenters. The second kappa shape index (κ2) is 5.13. The van der Waals surface area contributed by atoms with Crippen LogP contribution in [0.1, 0.15) is 24.0 Å². The molecule has 1 aromatic heterocycles. The third kappa shape index (κ3) is 2.44. The van der Waals surface area contributed by atoms with Gasteiger partial charge in [0.05, 0.1) is 22.8 Å². The van der Waals surface area contributed by atoms with E-state index in [0.717, 1.165) is 29.2 Å². The normalized spacial score (nSPS) is 20.7. The van der Waals surface area contributed by atoms with Gasteiger partial charge in [-0.1, -0.05) is 30.3 Å². The predicted octanol–water partition coefficient (Wildman–Crippen LogP) is 1.44. The Hall–Kier alpha value is -2.80. The molecule has 4 nitrogen and oxygen atoms in total. The molecule has 2 heterocycles. The fraction of sp³-hybridized carbons (Fsp3) is 0.263. The van der Waals surface area contributed by atoms with Gasteiger partial charge in [-0.25, -0.2) is 4.99 Å². The molecule has 1 amide bonds. The Balaban J connectivity index is 1.65. The smallest absolute Gasteiger partial charge is 0.253 e. The molecular formula is C19H15N3O. The van der Waals surface area contributed by atoms with Crippen LogP contribution in [0.4, 0.5) is 0 Å². The highest BCUT2D eigenvalue weighted by Gasteiger charge is 2.44. The van der Waals surface area contributed by atoms with Crippen LogP contribution in [0, 0.1) is 17.2 Å². The van der Waals surface area contributed by atoms with Crippen LogP contribution in [-0.4, -0.2) is 10.9 Å². The summed E-state index contributed by atoms with van der Waals surface area (Å²) < 4.78 is 0. The lowest BCUT2D eigenvalue weighted by Gasteiger charge is -2.14. The monoisotopic (exact) mass is 301 g/mol. The van der Waals surface area contributed by atoms with Gasteiger partial charge in [0.25, 0.3) is 5.91 Å². The van der Waals surface area contributed by atoms with Gasteiger partial charge in [0.15, 0.2) is 0 Å². The number of fused-ring (bicyclic) bond motifs is 1. The van der Waals surface area contributed by atoms with E-state index in [-0.39, 0.29) is 17.2 Å². The number of benzene rings is 1. The lowest BCUT2D eigenvalue weighted by atomic mass is 9.91. The third-order valence-electron chi connectivity index (χ3n) is 4.66. The van der Waals surface area contributed by atoms with E-state index < -0.39 is 0 Å². The summed E-state index contributed by atoms with van der Waals surface area (Å²) in [5, 5.41) is 10.9. The van der Waals surface area contributed by atoms with E-state index in [1.54, 1.807) is 18.5 Å². The van der Waals surface area contributed by atoms with Crippen molar-refractivity contribution in [1.29, 1.82) is 5.26 Å². The SMILES string of the molecule is N#CC1(c2cccc(CC3C=c4cnccc4=NC3=O)c2)CC1. The van der Waals surface area contributed by atoms with Crippen molar-refractivity contribution in [3.63, 3.8) is 0 Å². The van der Waals surface area contributed by atoms with Crippen LogP contribution in [0.2, 0.25) is 0 Å². The molecule has 1 fully saturated rings. The Morgan fingerprint density at radius 1 is 1.30 bits per heavy atom. The Kier molecular flexibility index (Phi) is 3.09. The topological polar surface area (TPSA) is 66.1 Å². The van der Waals surface area contributed by atoms with Gasteiger partial charge in [0.1, 0.15) is 0 Å². The Bertz CT molecular complexity index is 951. The minimum atomic E-state index is -0.294. The van der Waals surface area contributed by atoms with E-state index in [1.165, 1.54) is 0 Å². The average Bonchev–Trinajstić information content (AvgIpc) is 3.37. The van der Waals surface area contributed by atoms with E-state index >= 15 is 0 Å². The van der Waals surface area contributed by atoms with E-state index in [4.69, 9.17) is 0 Å². The van der Waals surface area contributed by atoms with Crippen molar-refractivity contribution in [3.8, 4) is 6.07 Å². The quantitative estimate of drug-likeness (QED) is 0.861. The fourth-order valence-corrected chi connectivity index (χ4v) is 3.11. The van der Waals surface area contributed by atoms with Gasteiger partial charge in [-0.15, -0.1) is 0 Å². The molecule has 4 heteroatoms. The van der Waals surface area contributed by atoms with Gasteiger partial charge in [-0.05, 0) is 36.5 Å². The zero-order valence-electron chi connectivity index (χ0n) is 12.6. The highest BCUT2D eigenvalue weighted by atomic mass is 16.1. The summed E-state index contributed by atoms with van der Waals surface area (Å²) in [5.74, 6) is -0.380. The molecule has 1 atom stereocenters. The number of aromatic nitrogens is 1. The summed E-state index contributed by atoms with van der Waals surface area (Å²) >= 11 is 0. The molecular weight excluding hydrogens is 286 g/mol. The summed E-state index contributed by atoms with van der Waals surface area (Å²) in [7, 11) is 0. The zero-order valence-corrected chi connectivity index (χ0v) is 12.6. The Morgan fingerprint density at radius 3 is 2.96 bits per heavy atom. The molecule has 4 rings (SSSR count). The van der Waals surface area contributed by atoms with E-state index in [2.05, 4.69) is 22.1 Å². The molecule has 0 N–H and O–H groups in total. The second-order valence-electron chi connectivity index (χ2n) is 6.26. The summed E-state index contributed by atoms with van der Waals surface area (Å²) in [6.45, 7) is 0. The summed E-state index contributed by atoms with van der Waals surface area (Å²) in [4.78, 5) is 20.5. The molecule has 1 saturated carbocycles. The Morgan fingerprint density at radius 2 is 2.17 bits per heavy atom. The van der Waals surface area contributed by atoms with Gasteiger partial charge in [-0.3, -0.25) is 9.78 Å². The molecule has 112 valence electrons. The van der Waals surface area contributed by atoms with Gasteiger partial charge in [0, 0.05) is 17.6 Å². The Labute approximate surface area is 133 Å². The largest absolute Gasteiger partial charge is 0.272 e. The first-order valence-corrected chi connectivity index (χ1v) is 7.75. The van der Waals surface area contributed by atoms with Crippen LogP contribution in [-0.2, 0) is 16.6 Å². The van der Waals surface area contributed by atoms with Gasteiger partial charge in [-0.2, -0.15) is 5.26 Å². The number of hydrogen-bond donors (Lipinski definition) is 0. The number of carbonyl (C=O) groups excluding carboxylic acids is 1. The maximum atomic E-state index is 12.2. The molecule has 0 saturated heterocycles. The second-order valence-corrected chi connectivity index (χ2v) is 6.26. The molecule has 1 aliphatic carbocycles. The van der Waals surface area contributed by atoms with Crippen molar-refractivity contribution in [3.05, 3.63) is 64.4 Å². The van der Waals surface area contributed by atoms with Crippen molar-refractivity contribution in [1.82, 2.24) is 4.98 Å². The number of hydrogen-bond acceptors (Lipinski definition) is 3. The predicted molar refractivity (Wildman–Crippen MR) is 84.7 cm³/mol. The number of amides is 1. The van der Waals surface area contributed by atoms with Gasteiger partial charge < -0.3 is 0 Å². The van der Waals surface area contributed by atoms with E-state index in [0.29, 0.717) is 11.8 Å². The maximum Gasteiger partial charge on any atom is 0.253 e. The molecule has 1 aliphatic heterocycles. The molecule has 23 heavy (non-hydrogen) atoms. The summed E-state index contributed by atoms with van der Waals surface area (Å²) in [5.41, 5.74) is 1.85. The molecule has 2 aliphatic rings. The minimum Gasteiger partial charge on any atom is -0.272 e. The first-order chi connectivity index (χ1) is 11.2. The first-order valence-electron chi connectivity index (χ1n) is 7.75. The van der Waals surface area contributed by atoms with Gasteiger partial charge in [0.2, 0.25) is 0 Å². The highest BCUT2D eigenvalue weighted by molar-refractivity contribution is 5.86. The number of nitriles is 1. The van der Waals surface area contributed by atoms with Crippen molar-refractivity contribution >= 4 is 12.0 Å². The van der Waals surface area contributed by atoms with Crippen molar-refractivity contribution < 1.29 is 4.79 Å². The first kappa shape index (κ1) is 13.8. The summed E-state index contributed by atoms with van der Waals surface area (Å²) in [6.07, 6.45) is 7.78. The zero-order chi connectivity index (χ0) is 15.9. The van der Waals surface area contributed by atoms with Crippen LogP contribution >= 0.6 is 0 Å². The fourth-order valence-electron chi connectivity index (χ4n) is 3.11. The molecule has 0 spiro atoms. The van der Waals surface area contributed by atoms with Crippen LogP contribution < -0.4 is 10.6 Å². The summed E-state index contributed by atoms with van der Waals surface area (Å²) in [6, 6.07) is 12.2. The lowest BCUT2D eigenvalue weighted by Crippen LogP contribution is -2.34. The van der Waals surface area contributed by atoms with Crippen molar-refractivity contribution in [2.24, 2.45) is 10.9 Å². The van der Waals surface area contributed by atoms with E-state index in [9.17, 15) is 10.1 Å². The molecule has 0 bridgehead atoms. The maximum absolute atomic E-state index is 12.2. The minimum absolute atomic E-state index is 0.115. The molecule has 0 radical (unpaired) electrons. The number of nitrogens with zero attached hydrogens (tertiary/aromatic N) is 3. The molecule has 1 aromatic carbocycles. The average molecular weight is 301 g/mol. The van der Waals surface area contributed by atoms with Crippen molar-refractivity contribution in [2.45, 2.75) is 24.7 Å².